The van der Waals surface area contributed by atoms with Gasteiger partial charge in [-0.25, -0.2) is 9.78 Å². The molecular weight excluding hydrogens is 350 g/mol. The number of hydrogen-bond acceptors (Lipinski definition) is 5. The predicted molar refractivity (Wildman–Crippen MR) is 101 cm³/mol. The minimum absolute atomic E-state index is 0.181. The van der Waals surface area contributed by atoms with Crippen LogP contribution < -0.4 is 0 Å². The number of aromatic nitrogens is 1. The van der Waals surface area contributed by atoms with Gasteiger partial charge in [0, 0.05) is 10.9 Å². The number of nitriles is 1. The van der Waals surface area contributed by atoms with E-state index in [1.54, 1.807) is 31.7 Å². The van der Waals surface area contributed by atoms with Gasteiger partial charge in [0.05, 0.1) is 18.2 Å². The Morgan fingerprint density at radius 1 is 1.58 bits per heavy atom. The molecule has 1 aromatic rings. The summed E-state index contributed by atoms with van der Waals surface area (Å²) in [5.41, 5.74) is 0.633. The molecule has 1 aliphatic rings. The molecule has 1 N–H and O–H groups in total. The summed E-state index contributed by atoms with van der Waals surface area (Å²) in [6.07, 6.45) is 2.80. The molecule has 1 amide bonds. The Morgan fingerprint density at radius 3 is 2.92 bits per heavy atom. The average Bonchev–Trinajstić information content (AvgIpc) is 2.87. The second-order valence-electron chi connectivity index (χ2n) is 7.10. The number of carbonyl (C=O) groups is 1. The number of rotatable bonds is 7. The molecule has 0 aromatic carbocycles. The van der Waals surface area contributed by atoms with Crippen molar-refractivity contribution in [1.82, 2.24) is 9.88 Å². The van der Waals surface area contributed by atoms with E-state index in [0.29, 0.717) is 18.6 Å². The number of nitrogens with zero attached hydrogens (tertiary/aromatic N) is 3. The Morgan fingerprint density at radius 2 is 2.31 bits per heavy atom. The Kier molecular flexibility index (Phi) is 6.90. The summed E-state index contributed by atoms with van der Waals surface area (Å²) in [6.45, 7) is 8.01. The van der Waals surface area contributed by atoms with Gasteiger partial charge in [0.15, 0.2) is 0 Å². The lowest BCUT2D eigenvalue weighted by Gasteiger charge is -2.32. The van der Waals surface area contributed by atoms with E-state index in [1.807, 2.05) is 13.0 Å². The van der Waals surface area contributed by atoms with Crippen molar-refractivity contribution in [2.24, 2.45) is 0 Å². The average molecular weight is 378 g/mol. The van der Waals surface area contributed by atoms with E-state index in [-0.39, 0.29) is 11.3 Å². The van der Waals surface area contributed by atoms with Crippen LogP contribution in [0.3, 0.4) is 0 Å². The van der Waals surface area contributed by atoms with E-state index in [2.05, 4.69) is 18.0 Å². The number of hydrogen-bond donors (Lipinski definition) is 1. The summed E-state index contributed by atoms with van der Waals surface area (Å²) < 4.78 is 5.71. The van der Waals surface area contributed by atoms with Gasteiger partial charge in [-0.2, -0.15) is 5.26 Å². The molecule has 1 aromatic heterocycles. The first-order valence-electron chi connectivity index (χ1n) is 8.99. The zero-order valence-electron chi connectivity index (χ0n) is 15.9. The van der Waals surface area contributed by atoms with Crippen molar-refractivity contribution >= 4 is 17.9 Å². The van der Waals surface area contributed by atoms with Gasteiger partial charge in [-0.1, -0.05) is 19.8 Å². The van der Waals surface area contributed by atoms with E-state index in [1.165, 1.54) is 4.90 Å². The van der Waals surface area contributed by atoms with Crippen molar-refractivity contribution in [3.63, 3.8) is 0 Å². The Labute approximate surface area is 159 Å². The highest BCUT2D eigenvalue weighted by atomic mass is 32.2. The standard InChI is InChI=1S/C19H27N3O3S/c1-5-6-7-16(26-17-14(11-20)9-8-13(2)21-17)10-15-12-25-19(3,4)22(15)18(23)24/h8-9,15-16H,5-7,10,12H2,1-4H3,(H,23,24)/t15-,16+/m0/s1. The van der Waals surface area contributed by atoms with E-state index in [4.69, 9.17) is 4.74 Å². The fourth-order valence-electron chi connectivity index (χ4n) is 3.27. The highest BCUT2D eigenvalue weighted by Crippen LogP contribution is 2.36. The molecule has 0 radical (unpaired) electrons. The van der Waals surface area contributed by atoms with Gasteiger partial charge < -0.3 is 9.84 Å². The molecule has 1 saturated heterocycles. The quantitative estimate of drug-likeness (QED) is 0.708. The number of aryl methyl sites for hydroxylation is 1. The van der Waals surface area contributed by atoms with Crippen LogP contribution in [0, 0.1) is 18.3 Å². The Balaban J connectivity index is 2.19. The van der Waals surface area contributed by atoms with Crippen molar-refractivity contribution < 1.29 is 14.6 Å². The largest absolute Gasteiger partial charge is 0.465 e. The number of pyridine rings is 1. The monoisotopic (exact) mass is 377 g/mol. The van der Waals surface area contributed by atoms with Crippen LogP contribution in [0.25, 0.3) is 0 Å². The molecule has 6 nitrogen and oxygen atoms in total. The van der Waals surface area contributed by atoms with E-state index >= 15 is 0 Å². The van der Waals surface area contributed by atoms with E-state index < -0.39 is 11.8 Å². The summed E-state index contributed by atoms with van der Waals surface area (Å²) in [5, 5.41) is 19.9. The minimum atomic E-state index is -0.955. The van der Waals surface area contributed by atoms with Crippen molar-refractivity contribution in [2.75, 3.05) is 6.61 Å². The first-order chi connectivity index (χ1) is 12.3. The zero-order valence-corrected chi connectivity index (χ0v) is 16.7. The van der Waals surface area contributed by atoms with Crippen molar-refractivity contribution in [1.29, 1.82) is 5.26 Å². The number of unbranched alkanes of at least 4 members (excludes halogenated alkanes) is 1. The van der Waals surface area contributed by atoms with Crippen molar-refractivity contribution in [3.05, 3.63) is 23.4 Å². The molecule has 0 unspecified atom stereocenters. The highest BCUT2D eigenvalue weighted by Gasteiger charge is 2.44. The number of amides is 1. The molecule has 7 heteroatoms. The topological polar surface area (TPSA) is 86.4 Å². The first kappa shape index (κ1) is 20.5. The maximum atomic E-state index is 11.7. The van der Waals surface area contributed by atoms with Crippen LogP contribution in [-0.4, -0.2) is 44.7 Å². The van der Waals surface area contributed by atoms with Gasteiger partial charge in [-0.05, 0) is 45.7 Å². The smallest absolute Gasteiger partial charge is 0.409 e. The van der Waals surface area contributed by atoms with Gasteiger partial charge in [-0.15, -0.1) is 11.8 Å². The van der Waals surface area contributed by atoms with Gasteiger partial charge in [-0.3, -0.25) is 4.90 Å². The third kappa shape index (κ3) is 4.89. The second kappa shape index (κ2) is 8.74. The number of carboxylic acid groups (broad SMARTS) is 1. The molecule has 2 rings (SSSR count). The molecule has 26 heavy (non-hydrogen) atoms. The molecule has 0 saturated carbocycles. The van der Waals surface area contributed by atoms with E-state index in [9.17, 15) is 15.2 Å². The summed E-state index contributed by atoms with van der Waals surface area (Å²) in [4.78, 5) is 17.7. The van der Waals surface area contributed by atoms with Crippen LogP contribution >= 0.6 is 11.8 Å². The Hall–Kier alpha value is -1.78. The van der Waals surface area contributed by atoms with E-state index in [0.717, 1.165) is 30.0 Å². The third-order valence-corrected chi connectivity index (χ3v) is 5.89. The maximum Gasteiger partial charge on any atom is 0.409 e. The van der Waals surface area contributed by atoms with Crippen LogP contribution in [0.4, 0.5) is 4.79 Å². The number of thioether (sulfide) groups is 1. The van der Waals surface area contributed by atoms with Crippen LogP contribution in [-0.2, 0) is 4.74 Å². The summed E-state index contributed by atoms with van der Waals surface area (Å²) in [6, 6.07) is 5.65. The van der Waals surface area contributed by atoms with Gasteiger partial charge in [0.25, 0.3) is 0 Å². The molecule has 1 fully saturated rings. The second-order valence-corrected chi connectivity index (χ2v) is 8.39. The molecular formula is C19H27N3O3S. The van der Waals surface area contributed by atoms with Crippen LogP contribution in [0.15, 0.2) is 17.2 Å². The fraction of sp³-hybridized carbons (Fsp3) is 0.632. The lowest BCUT2D eigenvalue weighted by molar-refractivity contribution is -0.0421. The minimum Gasteiger partial charge on any atom is -0.465 e. The highest BCUT2D eigenvalue weighted by molar-refractivity contribution is 7.99. The first-order valence-corrected chi connectivity index (χ1v) is 9.87. The maximum absolute atomic E-state index is 11.7. The van der Waals surface area contributed by atoms with Gasteiger partial charge in [0.2, 0.25) is 0 Å². The molecule has 2 heterocycles. The predicted octanol–water partition coefficient (Wildman–Crippen LogP) is 4.42. The number of ether oxygens (including phenoxy) is 1. The molecule has 2 atom stereocenters. The SMILES string of the molecule is CCCC[C@H](C[C@H]1COC(C)(C)N1C(=O)O)Sc1nc(C)ccc1C#N. The molecule has 1 aliphatic heterocycles. The lowest BCUT2D eigenvalue weighted by Crippen LogP contribution is -2.47. The van der Waals surface area contributed by atoms with Gasteiger partial charge >= 0.3 is 6.09 Å². The summed E-state index contributed by atoms with van der Waals surface area (Å²) >= 11 is 1.59. The van der Waals surface area contributed by atoms with Crippen molar-refractivity contribution in [2.45, 2.75) is 75.4 Å². The summed E-state index contributed by atoms with van der Waals surface area (Å²) in [7, 11) is 0. The molecule has 0 aliphatic carbocycles. The fourth-order valence-corrected chi connectivity index (χ4v) is 4.63. The van der Waals surface area contributed by atoms with Crippen LogP contribution in [0.1, 0.15) is 57.7 Å². The third-order valence-electron chi connectivity index (χ3n) is 4.59. The van der Waals surface area contributed by atoms with Crippen LogP contribution in [0.5, 0.6) is 0 Å². The van der Waals surface area contributed by atoms with Crippen molar-refractivity contribution in [3.8, 4) is 6.07 Å². The molecule has 0 spiro atoms. The lowest BCUT2D eigenvalue weighted by atomic mass is 10.1. The molecule has 142 valence electrons. The normalized spacial score (nSPS) is 20.0. The van der Waals surface area contributed by atoms with Gasteiger partial charge in [0.1, 0.15) is 16.8 Å². The summed E-state index contributed by atoms with van der Waals surface area (Å²) in [5.74, 6) is 0. The zero-order chi connectivity index (χ0) is 19.3. The molecule has 0 bridgehead atoms. The Bertz CT molecular complexity index is 687. The van der Waals surface area contributed by atoms with Crippen LogP contribution in [0.2, 0.25) is 0 Å².